The molecule has 0 aliphatic rings. The van der Waals surface area contributed by atoms with Crippen LogP contribution in [0.3, 0.4) is 0 Å². The quantitative estimate of drug-likeness (QED) is 0.605. The molecule has 0 aliphatic heterocycles. The Morgan fingerprint density at radius 3 is 2.53 bits per heavy atom. The average molecular weight is 265 g/mol. The first kappa shape index (κ1) is 15.5. The van der Waals surface area contributed by atoms with Crippen molar-refractivity contribution in [3.63, 3.8) is 0 Å². The van der Waals surface area contributed by atoms with Crippen molar-refractivity contribution >= 4 is 5.97 Å². The Morgan fingerprint density at radius 2 is 1.89 bits per heavy atom. The zero-order chi connectivity index (χ0) is 14.3. The lowest BCUT2D eigenvalue weighted by molar-refractivity contribution is -0.140. The van der Waals surface area contributed by atoms with Crippen LogP contribution < -0.4 is 10.1 Å². The number of ether oxygens (including phenoxy) is 2. The molecule has 0 saturated carbocycles. The highest BCUT2D eigenvalue weighted by atomic mass is 16.5. The van der Waals surface area contributed by atoms with Gasteiger partial charge in [0.1, 0.15) is 5.75 Å². The van der Waals surface area contributed by atoms with Gasteiger partial charge in [-0.05, 0) is 49.6 Å². The highest BCUT2D eigenvalue weighted by molar-refractivity contribution is 5.69. The molecule has 4 heteroatoms. The third kappa shape index (κ3) is 4.56. The monoisotopic (exact) mass is 265 g/mol. The summed E-state index contributed by atoms with van der Waals surface area (Å²) in [4.78, 5) is 10.9. The number of carbonyl (C=O) groups is 1. The Balaban J connectivity index is 2.42. The largest absolute Gasteiger partial charge is 0.496 e. The van der Waals surface area contributed by atoms with Crippen LogP contribution in [0.2, 0.25) is 0 Å². The van der Waals surface area contributed by atoms with Crippen LogP contribution in [0.1, 0.15) is 23.1 Å². The molecule has 0 amide bonds. The highest BCUT2D eigenvalue weighted by Gasteiger charge is 2.06. The van der Waals surface area contributed by atoms with Crippen LogP contribution in [0.4, 0.5) is 0 Å². The lowest BCUT2D eigenvalue weighted by Gasteiger charge is -2.12. The summed E-state index contributed by atoms with van der Waals surface area (Å²) in [6.45, 7) is 5.69. The number of nitrogens with one attached hydrogen (secondary N) is 1. The van der Waals surface area contributed by atoms with E-state index in [-0.39, 0.29) is 5.97 Å². The number of hydrogen-bond donors (Lipinski definition) is 1. The highest BCUT2D eigenvalue weighted by Crippen LogP contribution is 2.23. The van der Waals surface area contributed by atoms with Crippen molar-refractivity contribution in [1.29, 1.82) is 0 Å². The molecule has 106 valence electrons. The van der Waals surface area contributed by atoms with Gasteiger partial charge in [-0.3, -0.25) is 4.79 Å². The molecule has 0 aliphatic carbocycles. The van der Waals surface area contributed by atoms with E-state index in [1.54, 1.807) is 7.11 Å². The van der Waals surface area contributed by atoms with Gasteiger partial charge in [-0.1, -0.05) is 6.07 Å². The standard InChI is InChI=1S/C15H23NO3/c1-11-12(2)14(18-3)6-5-13(11)7-9-16-10-8-15(17)19-4/h5-6,16H,7-10H2,1-4H3. The molecule has 1 aromatic carbocycles. The SMILES string of the molecule is COC(=O)CCNCCc1ccc(OC)c(C)c1C. The van der Waals surface area contributed by atoms with Crippen LogP contribution in [-0.4, -0.2) is 33.3 Å². The van der Waals surface area contributed by atoms with Gasteiger partial charge in [0.15, 0.2) is 0 Å². The molecule has 0 bridgehead atoms. The van der Waals surface area contributed by atoms with Crippen LogP contribution in [-0.2, 0) is 16.0 Å². The summed E-state index contributed by atoms with van der Waals surface area (Å²) in [5.41, 5.74) is 3.77. The van der Waals surface area contributed by atoms with Gasteiger partial charge in [0.25, 0.3) is 0 Å². The lowest BCUT2D eigenvalue weighted by atomic mass is 10.00. The fraction of sp³-hybridized carbons (Fsp3) is 0.533. The topological polar surface area (TPSA) is 47.6 Å². The molecule has 0 heterocycles. The summed E-state index contributed by atoms with van der Waals surface area (Å²) >= 11 is 0. The van der Waals surface area contributed by atoms with Crippen molar-refractivity contribution in [3.05, 3.63) is 28.8 Å². The summed E-state index contributed by atoms with van der Waals surface area (Å²) < 4.78 is 9.88. The minimum absolute atomic E-state index is 0.177. The van der Waals surface area contributed by atoms with Gasteiger partial charge in [-0.2, -0.15) is 0 Å². The van der Waals surface area contributed by atoms with Crippen molar-refractivity contribution in [3.8, 4) is 5.75 Å². The summed E-state index contributed by atoms with van der Waals surface area (Å²) in [6.07, 6.45) is 1.36. The molecule has 0 radical (unpaired) electrons. The Hall–Kier alpha value is -1.55. The average Bonchev–Trinajstić information content (AvgIpc) is 2.42. The molecule has 0 aromatic heterocycles. The lowest BCUT2D eigenvalue weighted by Crippen LogP contribution is -2.21. The molecule has 19 heavy (non-hydrogen) atoms. The van der Waals surface area contributed by atoms with E-state index in [1.165, 1.54) is 23.8 Å². The normalized spacial score (nSPS) is 10.3. The Kier molecular flexibility index (Phi) is 6.36. The number of carbonyl (C=O) groups excluding carboxylic acids is 1. The van der Waals surface area contributed by atoms with Gasteiger partial charge in [0.2, 0.25) is 0 Å². The van der Waals surface area contributed by atoms with Crippen molar-refractivity contribution in [2.75, 3.05) is 27.3 Å². The molecule has 4 nitrogen and oxygen atoms in total. The minimum Gasteiger partial charge on any atom is -0.496 e. The van der Waals surface area contributed by atoms with Crippen molar-refractivity contribution in [1.82, 2.24) is 5.32 Å². The van der Waals surface area contributed by atoms with Crippen LogP contribution in [0, 0.1) is 13.8 Å². The second kappa shape index (κ2) is 7.79. The van der Waals surface area contributed by atoms with Gasteiger partial charge in [0, 0.05) is 6.54 Å². The third-order valence-electron chi connectivity index (χ3n) is 3.37. The van der Waals surface area contributed by atoms with E-state index in [0.717, 1.165) is 18.7 Å². The van der Waals surface area contributed by atoms with Gasteiger partial charge in [-0.25, -0.2) is 0 Å². The van der Waals surface area contributed by atoms with E-state index < -0.39 is 0 Å². The predicted octanol–water partition coefficient (Wildman–Crippen LogP) is 2.01. The van der Waals surface area contributed by atoms with E-state index in [2.05, 4.69) is 30.0 Å². The van der Waals surface area contributed by atoms with Gasteiger partial charge >= 0.3 is 5.97 Å². The van der Waals surface area contributed by atoms with E-state index in [9.17, 15) is 4.79 Å². The van der Waals surface area contributed by atoms with E-state index >= 15 is 0 Å². The molecule has 0 saturated heterocycles. The first-order valence-electron chi connectivity index (χ1n) is 6.50. The molecule has 0 atom stereocenters. The first-order chi connectivity index (χ1) is 9.10. The van der Waals surface area contributed by atoms with Gasteiger partial charge < -0.3 is 14.8 Å². The Labute approximate surface area is 115 Å². The van der Waals surface area contributed by atoms with Crippen molar-refractivity contribution in [2.24, 2.45) is 0 Å². The van der Waals surface area contributed by atoms with E-state index in [0.29, 0.717) is 13.0 Å². The number of esters is 1. The van der Waals surface area contributed by atoms with Gasteiger partial charge in [0.05, 0.1) is 20.6 Å². The zero-order valence-electron chi connectivity index (χ0n) is 12.2. The van der Waals surface area contributed by atoms with Crippen molar-refractivity contribution in [2.45, 2.75) is 26.7 Å². The summed E-state index contributed by atoms with van der Waals surface area (Å²) in [6, 6.07) is 4.11. The maximum atomic E-state index is 10.9. The van der Waals surface area contributed by atoms with Crippen molar-refractivity contribution < 1.29 is 14.3 Å². The maximum Gasteiger partial charge on any atom is 0.306 e. The number of rotatable bonds is 7. The molecule has 1 N–H and O–H groups in total. The second-order valence-corrected chi connectivity index (χ2v) is 4.50. The molecule has 1 aromatic rings. The maximum absolute atomic E-state index is 10.9. The zero-order valence-corrected chi connectivity index (χ0v) is 12.2. The van der Waals surface area contributed by atoms with Crippen LogP contribution >= 0.6 is 0 Å². The Morgan fingerprint density at radius 1 is 1.16 bits per heavy atom. The number of benzene rings is 1. The van der Waals surface area contributed by atoms with Crippen LogP contribution in [0.25, 0.3) is 0 Å². The van der Waals surface area contributed by atoms with Crippen LogP contribution in [0.5, 0.6) is 5.75 Å². The molecule has 0 spiro atoms. The van der Waals surface area contributed by atoms with Gasteiger partial charge in [-0.15, -0.1) is 0 Å². The van der Waals surface area contributed by atoms with E-state index in [1.807, 2.05) is 6.07 Å². The molecular formula is C15H23NO3. The second-order valence-electron chi connectivity index (χ2n) is 4.50. The Bertz CT molecular complexity index is 430. The molecule has 1 rings (SSSR count). The fourth-order valence-electron chi connectivity index (χ4n) is 1.98. The number of hydrogen-bond acceptors (Lipinski definition) is 4. The smallest absolute Gasteiger partial charge is 0.306 e. The molecule has 0 unspecified atom stereocenters. The predicted molar refractivity (Wildman–Crippen MR) is 75.7 cm³/mol. The fourth-order valence-corrected chi connectivity index (χ4v) is 1.98. The van der Waals surface area contributed by atoms with E-state index in [4.69, 9.17) is 4.74 Å². The van der Waals surface area contributed by atoms with Crippen LogP contribution in [0.15, 0.2) is 12.1 Å². The third-order valence-corrected chi connectivity index (χ3v) is 3.37. The minimum atomic E-state index is -0.177. The molecular weight excluding hydrogens is 242 g/mol. The first-order valence-corrected chi connectivity index (χ1v) is 6.50. The summed E-state index contributed by atoms with van der Waals surface area (Å²) in [5.74, 6) is 0.754. The summed E-state index contributed by atoms with van der Waals surface area (Å²) in [7, 11) is 3.10. The number of methoxy groups -OCH3 is 2. The molecule has 0 fully saturated rings. The summed E-state index contributed by atoms with van der Waals surface area (Å²) in [5, 5.41) is 3.24.